The number of aromatic nitrogens is 1. The average molecular weight is 336 g/mol. The SMILES string of the molecule is CC(=O)NCC(=Cc1sc(C)nc1C)B1OC(C)(C)C(C)(C)O1. The van der Waals surface area contributed by atoms with Gasteiger partial charge in [-0.15, -0.1) is 11.3 Å². The summed E-state index contributed by atoms with van der Waals surface area (Å²) in [6.45, 7) is 13.9. The van der Waals surface area contributed by atoms with E-state index in [9.17, 15) is 4.79 Å². The van der Waals surface area contributed by atoms with Gasteiger partial charge in [-0.25, -0.2) is 4.98 Å². The van der Waals surface area contributed by atoms with Crippen molar-refractivity contribution >= 4 is 30.4 Å². The standard InChI is InChI=1S/C16H25BN2O3S/c1-10-14(23-12(3)19-10)8-13(9-18-11(2)20)17-21-15(4,5)16(6,7)22-17/h8H,9H2,1-7H3,(H,18,20). The number of nitrogens with one attached hydrogen (secondary N) is 1. The molecule has 7 heteroatoms. The molecule has 1 amide bonds. The minimum absolute atomic E-state index is 0.0791. The molecule has 0 spiro atoms. The zero-order valence-electron chi connectivity index (χ0n) is 14.9. The number of carbonyl (C=O) groups excluding carboxylic acids is 1. The number of carbonyl (C=O) groups is 1. The number of nitrogens with zero attached hydrogens (tertiary/aromatic N) is 1. The van der Waals surface area contributed by atoms with Crippen LogP contribution in [0.1, 0.15) is 50.2 Å². The molecular weight excluding hydrogens is 311 g/mol. The van der Waals surface area contributed by atoms with E-state index in [2.05, 4.69) is 10.3 Å². The molecule has 0 bridgehead atoms. The molecular formula is C16H25BN2O3S. The van der Waals surface area contributed by atoms with Crippen LogP contribution in [0.4, 0.5) is 0 Å². The Morgan fingerprint density at radius 3 is 2.26 bits per heavy atom. The Labute approximate surface area is 142 Å². The van der Waals surface area contributed by atoms with Gasteiger partial charge in [-0.05, 0) is 53.1 Å². The van der Waals surface area contributed by atoms with Crippen LogP contribution >= 0.6 is 11.3 Å². The van der Waals surface area contributed by atoms with Crippen molar-refractivity contribution in [1.29, 1.82) is 0 Å². The highest BCUT2D eigenvalue weighted by atomic mass is 32.1. The molecule has 0 aromatic carbocycles. The first-order chi connectivity index (χ1) is 10.5. The fraction of sp³-hybridized carbons (Fsp3) is 0.625. The molecule has 0 atom stereocenters. The normalized spacial score (nSPS) is 20.0. The second-order valence-electron chi connectivity index (χ2n) is 6.90. The number of amides is 1. The van der Waals surface area contributed by atoms with Crippen molar-refractivity contribution < 1.29 is 14.1 Å². The molecule has 1 aromatic rings. The second kappa shape index (κ2) is 6.38. The van der Waals surface area contributed by atoms with Gasteiger partial charge in [0, 0.05) is 18.3 Å². The molecule has 5 nitrogen and oxygen atoms in total. The number of aryl methyl sites for hydroxylation is 2. The van der Waals surface area contributed by atoms with Crippen LogP contribution < -0.4 is 5.32 Å². The number of hydrogen-bond donors (Lipinski definition) is 1. The first-order valence-corrected chi connectivity index (χ1v) is 8.58. The van der Waals surface area contributed by atoms with Crippen molar-refractivity contribution in [2.45, 2.75) is 59.7 Å². The van der Waals surface area contributed by atoms with E-state index in [0.717, 1.165) is 21.1 Å². The summed E-state index contributed by atoms with van der Waals surface area (Å²) in [4.78, 5) is 16.8. The highest BCUT2D eigenvalue weighted by Crippen LogP contribution is 2.39. The van der Waals surface area contributed by atoms with E-state index in [-0.39, 0.29) is 5.91 Å². The summed E-state index contributed by atoms with van der Waals surface area (Å²) in [5.41, 5.74) is 1.05. The van der Waals surface area contributed by atoms with Gasteiger partial charge >= 0.3 is 7.12 Å². The first-order valence-electron chi connectivity index (χ1n) is 7.76. The van der Waals surface area contributed by atoms with Crippen LogP contribution in [0, 0.1) is 13.8 Å². The first kappa shape index (κ1) is 18.2. The van der Waals surface area contributed by atoms with E-state index in [1.165, 1.54) is 6.92 Å². The van der Waals surface area contributed by atoms with Gasteiger partial charge in [0.25, 0.3) is 0 Å². The van der Waals surface area contributed by atoms with Gasteiger partial charge in [0.05, 0.1) is 21.9 Å². The average Bonchev–Trinajstić information content (AvgIpc) is 2.81. The van der Waals surface area contributed by atoms with Crippen LogP contribution in [0.5, 0.6) is 0 Å². The lowest BCUT2D eigenvalue weighted by molar-refractivity contribution is -0.118. The molecule has 0 saturated carbocycles. The maximum Gasteiger partial charge on any atom is 0.492 e. The van der Waals surface area contributed by atoms with Crippen molar-refractivity contribution in [2.24, 2.45) is 0 Å². The van der Waals surface area contributed by atoms with E-state index < -0.39 is 18.3 Å². The fourth-order valence-electron chi connectivity index (χ4n) is 2.27. The monoisotopic (exact) mass is 336 g/mol. The number of rotatable bonds is 4. The largest absolute Gasteiger partial charge is 0.492 e. The topological polar surface area (TPSA) is 60.5 Å². The van der Waals surface area contributed by atoms with E-state index >= 15 is 0 Å². The van der Waals surface area contributed by atoms with Crippen LogP contribution in [0.2, 0.25) is 0 Å². The van der Waals surface area contributed by atoms with Gasteiger partial charge in [-0.3, -0.25) is 4.79 Å². The van der Waals surface area contributed by atoms with E-state index in [1.54, 1.807) is 11.3 Å². The molecule has 1 saturated heterocycles. The molecule has 0 unspecified atom stereocenters. The lowest BCUT2D eigenvalue weighted by atomic mass is 9.77. The molecule has 23 heavy (non-hydrogen) atoms. The number of thiazole rings is 1. The Hall–Kier alpha value is -1.18. The van der Waals surface area contributed by atoms with Gasteiger partial charge in [-0.2, -0.15) is 0 Å². The third-order valence-electron chi connectivity index (χ3n) is 4.35. The minimum Gasteiger partial charge on any atom is -0.400 e. The molecule has 126 valence electrons. The van der Waals surface area contributed by atoms with Gasteiger partial charge in [0.15, 0.2) is 0 Å². The fourth-order valence-corrected chi connectivity index (χ4v) is 3.18. The Bertz CT molecular complexity index is 621. The zero-order chi connectivity index (χ0) is 17.4. The van der Waals surface area contributed by atoms with Crippen molar-refractivity contribution in [2.75, 3.05) is 6.54 Å². The molecule has 0 aliphatic carbocycles. The second-order valence-corrected chi connectivity index (χ2v) is 8.13. The summed E-state index contributed by atoms with van der Waals surface area (Å²) in [5, 5.41) is 3.86. The summed E-state index contributed by atoms with van der Waals surface area (Å²) in [7, 11) is -0.478. The molecule has 1 aliphatic rings. The molecule has 1 fully saturated rings. The molecule has 2 rings (SSSR count). The van der Waals surface area contributed by atoms with E-state index in [1.807, 2.05) is 47.6 Å². The molecule has 2 heterocycles. The molecule has 1 aliphatic heterocycles. The highest BCUT2D eigenvalue weighted by Gasteiger charge is 2.52. The van der Waals surface area contributed by atoms with Crippen molar-refractivity contribution in [3.05, 3.63) is 21.1 Å². The van der Waals surface area contributed by atoms with Crippen molar-refractivity contribution in [3.8, 4) is 0 Å². The lowest BCUT2D eigenvalue weighted by Crippen LogP contribution is -2.41. The van der Waals surface area contributed by atoms with Crippen LogP contribution in [-0.2, 0) is 14.1 Å². The summed E-state index contributed by atoms with van der Waals surface area (Å²) in [5.74, 6) is -0.0791. The quantitative estimate of drug-likeness (QED) is 0.859. The van der Waals surface area contributed by atoms with Gasteiger partial charge in [-0.1, -0.05) is 0 Å². The molecule has 1 N–H and O–H groups in total. The smallest absolute Gasteiger partial charge is 0.400 e. The number of hydrogen-bond acceptors (Lipinski definition) is 5. The minimum atomic E-state index is -0.478. The third kappa shape index (κ3) is 4.02. The highest BCUT2D eigenvalue weighted by molar-refractivity contribution is 7.12. The molecule has 0 radical (unpaired) electrons. The summed E-state index contributed by atoms with van der Waals surface area (Å²) >= 11 is 1.62. The third-order valence-corrected chi connectivity index (χ3v) is 5.37. The Balaban J connectivity index is 2.32. The lowest BCUT2D eigenvalue weighted by Gasteiger charge is -2.32. The van der Waals surface area contributed by atoms with Crippen LogP contribution in [0.3, 0.4) is 0 Å². The summed E-state index contributed by atoms with van der Waals surface area (Å²) < 4.78 is 12.2. The predicted molar refractivity (Wildman–Crippen MR) is 94.3 cm³/mol. The maximum absolute atomic E-state index is 11.3. The van der Waals surface area contributed by atoms with Crippen molar-refractivity contribution in [3.63, 3.8) is 0 Å². The van der Waals surface area contributed by atoms with Crippen LogP contribution in [-0.4, -0.2) is 35.8 Å². The summed E-state index contributed by atoms with van der Waals surface area (Å²) in [6, 6.07) is 0. The molecule has 1 aromatic heterocycles. The van der Waals surface area contributed by atoms with E-state index in [0.29, 0.717) is 6.54 Å². The Kier molecular flexibility index (Phi) is 5.04. The van der Waals surface area contributed by atoms with Crippen LogP contribution in [0.25, 0.3) is 6.08 Å². The van der Waals surface area contributed by atoms with E-state index in [4.69, 9.17) is 9.31 Å². The maximum atomic E-state index is 11.3. The van der Waals surface area contributed by atoms with Gasteiger partial charge < -0.3 is 14.6 Å². The van der Waals surface area contributed by atoms with Crippen molar-refractivity contribution in [1.82, 2.24) is 10.3 Å². The van der Waals surface area contributed by atoms with Gasteiger partial charge in [0.1, 0.15) is 0 Å². The van der Waals surface area contributed by atoms with Crippen LogP contribution in [0.15, 0.2) is 5.47 Å². The Morgan fingerprint density at radius 2 is 1.83 bits per heavy atom. The van der Waals surface area contributed by atoms with Gasteiger partial charge in [0.2, 0.25) is 5.91 Å². The predicted octanol–water partition coefficient (Wildman–Crippen LogP) is 2.91. The summed E-state index contributed by atoms with van der Waals surface area (Å²) in [6.07, 6.45) is 2.03. The zero-order valence-corrected chi connectivity index (χ0v) is 15.8. The Morgan fingerprint density at radius 1 is 1.26 bits per heavy atom.